The van der Waals surface area contributed by atoms with Gasteiger partial charge in [-0.05, 0) is 6.07 Å². The number of carboxylic acid groups (broad SMARTS) is 1. The van der Waals surface area contributed by atoms with E-state index in [9.17, 15) is 24.5 Å². The molecule has 2 atom stereocenters. The number of carbonyl (C=O) groups excluding carboxylic acids is 2. The van der Waals surface area contributed by atoms with E-state index in [1.54, 1.807) is 0 Å². The van der Waals surface area contributed by atoms with Gasteiger partial charge < -0.3 is 15.2 Å². The maximum Gasteiger partial charge on any atom is 0.323 e. The average molecular weight is 308 g/mol. The number of carbonyl (C=O) groups is 3. The number of piperidine rings is 1. The Kier molecular flexibility index (Phi) is 4.47. The number of rotatable bonds is 4. The first-order valence-electron chi connectivity index (χ1n) is 6.33. The Balaban J connectivity index is 2.11. The number of ether oxygens (including phenoxy) is 1. The monoisotopic (exact) mass is 308 g/mol. The smallest absolute Gasteiger partial charge is 0.323 e. The number of benzene rings is 1. The number of nitrogens with zero attached hydrogens (tertiary/aromatic N) is 1. The molecule has 0 spiro atoms. The van der Waals surface area contributed by atoms with Crippen LogP contribution < -0.4 is 10.1 Å². The third-order valence-corrected chi connectivity index (χ3v) is 3.21. The number of non-ortho nitro benzene ring substituents is 1. The van der Waals surface area contributed by atoms with E-state index in [4.69, 9.17) is 9.84 Å². The fraction of sp³-hybridized carbons (Fsp3) is 0.308. The van der Waals surface area contributed by atoms with Crippen molar-refractivity contribution in [2.75, 3.05) is 13.1 Å². The number of esters is 1. The highest BCUT2D eigenvalue weighted by Crippen LogP contribution is 2.21. The zero-order chi connectivity index (χ0) is 16.3. The van der Waals surface area contributed by atoms with Crippen LogP contribution in [-0.2, 0) is 14.4 Å². The van der Waals surface area contributed by atoms with Crippen LogP contribution in [0.4, 0.5) is 5.69 Å². The molecule has 0 bridgehead atoms. The van der Waals surface area contributed by atoms with E-state index in [1.807, 2.05) is 0 Å². The lowest BCUT2D eigenvalue weighted by atomic mass is 9.89. The van der Waals surface area contributed by atoms with Crippen LogP contribution in [0.15, 0.2) is 24.3 Å². The first-order valence-corrected chi connectivity index (χ1v) is 6.33. The second-order valence-electron chi connectivity index (χ2n) is 4.68. The largest absolute Gasteiger partial charge is 0.481 e. The number of carboxylic acids is 1. The van der Waals surface area contributed by atoms with Crippen molar-refractivity contribution in [3.8, 4) is 5.75 Å². The van der Waals surface area contributed by atoms with Crippen molar-refractivity contribution < 1.29 is 29.2 Å². The minimum absolute atomic E-state index is 0.0314. The lowest BCUT2D eigenvalue weighted by molar-refractivity contribution is -0.384. The molecular formula is C13H12N2O7. The van der Waals surface area contributed by atoms with Crippen molar-refractivity contribution in [3.05, 3.63) is 34.4 Å². The standard InChI is InChI=1S/C13H12N2O7/c16-11-9(12(17)18)5-14-6-10(11)13(19)22-8-3-1-2-7(4-8)15(20)21/h1-4,9-10,14H,5-6H2,(H,17,18). The van der Waals surface area contributed by atoms with Crippen molar-refractivity contribution in [2.45, 2.75) is 0 Å². The SMILES string of the molecule is O=C(O)C1CNCC(C(=O)Oc2cccc([N+](=O)[O-])c2)C1=O. The molecule has 1 aromatic rings. The minimum Gasteiger partial charge on any atom is -0.481 e. The summed E-state index contributed by atoms with van der Waals surface area (Å²) in [6, 6.07) is 4.94. The van der Waals surface area contributed by atoms with Crippen LogP contribution in [0.5, 0.6) is 5.75 Å². The number of Topliss-reactive ketones (excluding diaryl/α,β-unsaturated/α-hetero) is 1. The zero-order valence-electron chi connectivity index (χ0n) is 11.2. The molecule has 1 aliphatic rings. The Morgan fingerprint density at radius 2 is 2.00 bits per heavy atom. The van der Waals surface area contributed by atoms with Crippen LogP contribution >= 0.6 is 0 Å². The normalized spacial score (nSPS) is 21.2. The number of nitro benzene ring substituents is 1. The zero-order valence-corrected chi connectivity index (χ0v) is 11.2. The Hall–Kier alpha value is -2.81. The molecule has 1 aliphatic heterocycles. The molecule has 2 N–H and O–H groups in total. The minimum atomic E-state index is -1.31. The van der Waals surface area contributed by atoms with Gasteiger partial charge >= 0.3 is 11.9 Å². The van der Waals surface area contributed by atoms with Crippen molar-refractivity contribution in [1.29, 1.82) is 0 Å². The molecule has 0 aromatic heterocycles. The first-order chi connectivity index (χ1) is 10.4. The number of aliphatic carboxylic acids is 1. The lowest BCUT2D eigenvalue weighted by Gasteiger charge is -2.24. The van der Waals surface area contributed by atoms with Gasteiger partial charge in [-0.3, -0.25) is 24.5 Å². The number of nitro groups is 1. The summed E-state index contributed by atoms with van der Waals surface area (Å²) >= 11 is 0. The second-order valence-corrected chi connectivity index (χ2v) is 4.68. The molecule has 0 amide bonds. The van der Waals surface area contributed by atoms with Crippen LogP contribution in [0.1, 0.15) is 0 Å². The van der Waals surface area contributed by atoms with Gasteiger partial charge in [0.1, 0.15) is 17.6 Å². The van der Waals surface area contributed by atoms with Gasteiger partial charge in [0, 0.05) is 19.2 Å². The quantitative estimate of drug-likeness (QED) is 0.260. The van der Waals surface area contributed by atoms with E-state index in [-0.39, 0.29) is 24.5 Å². The van der Waals surface area contributed by atoms with Crippen molar-refractivity contribution in [1.82, 2.24) is 5.32 Å². The lowest BCUT2D eigenvalue weighted by Crippen LogP contribution is -2.50. The number of hydrogen-bond donors (Lipinski definition) is 2. The summed E-state index contributed by atoms with van der Waals surface area (Å²) in [4.78, 5) is 44.8. The Morgan fingerprint density at radius 3 is 2.64 bits per heavy atom. The molecule has 0 aliphatic carbocycles. The predicted octanol–water partition coefficient (Wildman–Crippen LogP) is -0.0105. The third kappa shape index (κ3) is 3.26. The van der Waals surface area contributed by atoms with Crippen LogP contribution in [0.25, 0.3) is 0 Å². The predicted molar refractivity (Wildman–Crippen MR) is 71.2 cm³/mol. The highest BCUT2D eigenvalue weighted by atomic mass is 16.6. The molecule has 1 saturated heterocycles. The maximum atomic E-state index is 12.0. The van der Waals surface area contributed by atoms with E-state index in [2.05, 4.69) is 5.32 Å². The van der Waals surface area contributed by atoms with Crippen LogP contribution in [0.3, 0.4) is 0 Å². The van der Waals surface area contributed by atoms with Gasteiger partial charge in [0.05, 0.1) is 11.0 Å². The first kappa shape index (κ1) is 15.6. The summed E-state index contributed by atoms with van der Waals surface area (Å²) in [6.07, 6.45) is 0. The molecular weight excluding hydrogens is 296 g/mol. The molecule has 9 nitrogen and oxygen atoms in total. The third-order valence-electron chi connectivity index (χ3n) is 3.21. The molecule has 2 rings (SSSR count). The Bertz CT molecular complexity index is 643. The molecule has 0 saturated carbocycles. The van der Waals surface area contributed by atoms with Gasteiger partial charge in [0.2, 0.25) is 0 Å². The van der Waals surface area contributed by atoms with E-state index < -0.39 is 34.5 Å². The second kappa shape index (κ2) is 6.31. The van der Waals surface area contributed by atoms with E-state index >= 15 is 0 Å². The number of ketones is 1. The highest BCUT2D eigenvalue weighted by molar-refractivity contribution is 6.09. The molecule has 1 aromatic carbocycles. The topological polar surface area (TPSA) is 136 Å². The van der Waals surface area contributed by atoms with Gasteiger partial charge in [-0.15, -0.1) is 0 Å². The van der Waals surface area contributed by atoms with Gasteiger partial charge in [0.25, 0.3) is 5.69 Å². The van der Waals surface area contributed by atoms with E-state index in [1.165, 1.54) is 18.2 Å². The Labute approximate surface area is 124 Å². The average Bonchev–Trinajstić information content (AvgIpc) is 2.47. The molecule has 0 radical (unpaired) electrons. The summed E-state index contributed by atoms with van der Waals surface area (Å²) in [7, 11) is 0. The van der Waals surface area contributed by atoms with Crippen molar-refractivity contribution in [3.63, 3.8) is 0 Å². The van der Waals surface area contributed by atoms with Crippen molar-refractivity contribution >= 4 is 23.4 Å². The fourth-order valence-electron chi connectivity index (χ4n) is 2.07. The number of hydrogen-bond acceptors (Lipinski definition) is 7. The fourth-order valence-corrected chi connectivity index (χ4v) is 2.07. The molecule has 22 heavy (non-hydrogen) atoms. The summed E-state index contributed by atoms with van der Waals surface area (Å²) < 4.78 is 4.95. The van der Waals surface area contributed by atoms with Crippen LogP contribution in [0, 0.1) is 22.0 Å². The molecule has 116 valence electrons. The molecule has 2 unspecified atom stereocenters. The number of nitrogens with one attached hydrogen (secondary N) is 1. The van der Waals surface area contributed by atoms with Crippen molar-refractivity contribution in [2.24, 2.45) is 11.8 Å². The van der Waals surface area contributed by atoms with E-state index in [0.29, 0.717) is 0 Å². The van der Waals surface area contributed by atoms with Gasteiger partial charge in [-0.25, -0.2) is 0 Å². The van der Waals surface area contributed by atoms with Crippen LogP contribution in [-0.4, -0.2) is 40.8 Å². The molecule has 1 fully saturated rings. The highest BCUT2D eigenvalue weighted by Gasteiger charge is 2.40. The Morgan fingerprint density at radius 1 is 1.32 bits per heavy atom. The van der Waals surface area contributed by atoms with Gasteiger partial charge in [-0.2, -0.15) is 0 Å². The van der Waals surface area contributed by atoms with Crippen LogP contribution in [0.2, 0.25) is 0 Å². The van der Waals surface area contributed by atoms with Gasteiger partial charge in [0.15, 0.2) is 5.78 Å². The summed E-state index contributed by atoms with van der Waals surface area (Å²) in [5.74, 6) is -5.63. The summed E-state index contributed by atoms with van der Waals surface area (Å²) in [6.45, 7) is -0.0782. The van der Waals surface area contributed by atoms with E-state index in [0.717, 1.165) is 6.07 Å². The summed E-state index contributed by atoms with van der Waals surface area (Å²) in [5.41, 5.74) is -0.262. The van der Waals surface area contributed by atoms with Gasteiger partial charge in [-0.1, -0.05) is 6.07 Å². The molecule has 1 heterocycles. The molecule has 9 heteroatoms. The summed E-state index contributed by atoms with van der Waals surface area (Å²) in [5, 5.41) is 22.2. The maximum absolute atomic E-state index is 12.0.